The van der Waals surface area contributed by atoms with E-state index in [-0.39, 0.29) is 11.0 Å². The Labute approximate surface area is 187 Å². The van der Waals surface area contributed by atoms with Gasteiger partial charge in [-0.15, -0.1) is 0 Å². The summed E-state index contributed by atoms with van der Waals surface area (Å²) in [7, 11) is 1.72. The quantitative estimate of drug-likeness (QED) is 0.551. The van der Waals surface area contributed by atoms with Crippen LogP contribution in [0.1, 0.15) is 88.7 Å². The van der Waals surface area contributed by atoms with Gasteiger partial charge in [-0.05, 0) is 130 Å². The predicted molar refractivity (Wildman–Crippen MR) is 122 cm³/mol. The molecule has 4 bridgehead atoms. The zero-order valence-corrected chi connectivity index (χ0v) is 19.4. The molecule has 1 aromatic rings. The van der Waals surface area contributed by atoms with Gasteiger partial charge in [-0.3, -0.25) is 0 Å². The van der Waals surface area contributed by atoms with Gasteiger partial charge >= 0.3 is 0 Å². The number of hydrogen-bond donors (Lipinski definition) is 1. The van der Waals surface area contributed by atoms with Crippen LogP contribution in [0.15, 0.2) is 24.5 Å². The minimum atomic E-state index is -0.194. The standard InChI is InChI=1S/C28H38O3/c1-27(2)23-5-4-17(6-7-30-3)11-22(23)26-24(29)12-21(13-25(26)31-27)28-14-18-8-19(15-28)10-20(9-18)16-28/h6-7,12-13,17-20,22-23,29H,4-5,8-11,14-16H2,1-3H3/b7-6-/t17-,18?,19?,20?,22+,23+,28?/m0/s1. The number of benzene rings is 1. The second-order valence-corrected chi connectivity index (χ2v) is 12.2. The molecule has 0 amide bonds. The number of rotatable bonds is 3. The number of hydrogen-bond acceptors (Lipinski definition) is 3. The Bertz CT molecular complexity index is 862. The summed E-state index contributed by atoms with van der Waals surface area (Å²) < 4.78 is 11.9. The smallest absolute Gasteiger partial charge is 0.127 e. The first-order valence-electron chi connectivity index (χ1n) is 12.6. The van der Waals surface area contributed by atoms with E-state index in [9.17, 15) is 5.11 Å². The average Bonchev–Trinajstić information content (AvgIpc) is 2.70. The molecular formula is C28H38O3. The molecule has 7 rings (SSSR count). The highest BCUT2D eigenvalue weighted by molar-refractivity contribution is 5.54. The van der Waals surface area contributed by atoms with Crippen molar-refractivity contribution in [2.24, 2.45) is 29.6 Å². The molecule has 0 spiro atoms. The highest BCUT2D eigenvalue weighted by Crippen LogP contribution is 2.63. The molecule has 1 aromatic carbocycles. The van der Waals surface area contributed by atoms with Gasteiger partial charge in [-0.1, -0.05) is 0 Å². The van der Waals surface area contributed by atoms with E-state index < -0.39 is 0 Å². The maximum atomic E-state index is 11.4. The van der Waals surface area contributed by atoms with Gasteiger partial charge in [-0.25, -0.2) is 0 Å². The molecule has 5 aliphatic carbocycles. The van der Waals surface area contributed by atoms with Crippen LogP contribution in [0.4, 0.5) is 0 Å². The maximum Gasteiger partial charge on any atom is 0.127 e. The monoisotopic (exact) mass is 422 g/mol. The molecule has 3 nitrogen and oxygen atoms in total. The van der Waals surface area contributed by atoms with E-state index in [0.717, 1.165) is 48.3 Å². The molecule has 168 valence electrons. The predicted octanol–water partition coefficient (Wildman–Crippen LogP) is 6.69. The normalized spacial score (nSPS) is 42.2. The first kappa shape index (κ1) is 20.0. The fraction of sp³-hybridized carbons (Fsp3) is 0.714. The molecule has 5 saturated carbocycles. The van der Waals surface area contributed by atoms with Crippen molar-refractivity contribution in [2.75, 3.05) is 7.11 Å². The number of fused-ring (bicyclic) bond motifs is 3. The minimum absolute atomic E-state index is 0.194. The topological polar surface area (TPSA) is 38.7 Å². The Balaban J connectivity index is 1.39. The van der Waals surface area contributed by atoms with Crippen molar-refractivity contribution >= 4 is 0 Å². The van der Waals surface area contributed by atoms with Crippen LogP contribution in [-0.2, 0) is 10.2 Å². The van der Waals surface area contributed by atoms with E-state index in [1.54, 1.807) is 7.11 Å². The molecule has 5 fully saturated rings. The molecule has 0 saturated heterocycles. The molecule has 0 unspecified atom stereocenters. The van der Waals surface area contributed by atoms with Crippen molar-refractivity contribution in [3.63, 3.8) is 0 Å². The molecular weight excluding hydrogens is 384 g/mol. The number of phenolic OH excluding ortho intramolecular Hbond substituents is 1. The number of phenols is 1. The summed E-state index contributed by atoms with van der Waals surface area (Å²) in [6, 6.07) is 4.51. The van der Waals surface area contributed by atoms with E-state index in [2.05, 4.69) is 32.1 Å². The highest BCUT2D eigenvalue weighted by Gasteiger charge is 2.53. The maximum absolute atomic E-state index is 11.4. The number of ether oxygens (including phenoxy) is 2. The van der Waals surface area contributed by atoms with Gasteiger partial charge in [0.2, 0.25) is 0 Å². The molecule has 0 aromatic heterocycles. The Morgan fingerprint density at radius 1 is 1.00 bits per heavy atom. The van der Waals surface area contributed by atoms with E-state index in [4.69, 9.17) is 9.47 Å². The van der Waals surface area contributed by atoms with E-state index in [1.165, 1.54) is 44.1 Å². The fourth-order valence-corrected chi connectivity index (χ4v) is 8.92. The lowest BCUT2D eigenvalue weighted by Crippen LogP contribution is -2.49. The molecule has 1 N–H and O–H groups in total. The van der Waals surface area contributed by atoms with Crippen molar-refractivity contribution in [1.82, 2.24) is 0 Å². The van der Waals surface area contributed by atoms with Crippen molar-refractivity contribution in [1.29, 1.82) is 0 Å². The summed E-state index contributed by atoms with van der Waals surface area (Å²) in [6.07, 6.45) is 15.7. The van der Waals surface area contributed by atoms with Gasteiger partial charge in [0.15, 0.2) is 0 Å². The SMILES string of the molecule is CO/C=C\[C@@H]1CC[C@@H]2[C@@H](C1)c1c(O)cc(C34CC5CC(CC(C5)C3)C4)cc1OC2(C)C. The Hall–Kier alpha value is -1.64. The average molecular weight is 423 g/mol. The lowest BCUT2D eigenvalue weighted by molar-refractivity contribution is -0.0156. The van der Waals surface area contributed by atoms with Crippen LogP contribution < -0.4 is 4.74 Å². The Morgan fingerprint density at radius 2 is 1.68 bits per heavy atom. The van der Waals surface area contributed by atoms with Gasteiger partial charge < -0.3 is 14.6 Å². The number of methoxy groups -OCH3 is 1. The lowest BCUT2D eigenvalue weighted by atomic mass is 9.48. The lowest BCUT2D eigenvalue weighted by Gasteiger charge is -2.57. The largest absolute Gasteiger partial charge is 0.508 e. The number of allylic oxidation sites excluding steroid dienone is 1. The zero-order chi connectivity index (χ0) is 21.4. The third kappa shape index (κ3) is 3.13. The highest BCUT2D eigenvalue weighted by atomic mass is 16.5. The van der Waals surface area contributed by atoms with Gasteiger partial charge in [0.05, 0.1) is 13.4 Å². The van der Waals surface area contributed by atoms with Gasteiger partial charge in [0, 0.05) is 11.5 Å². The van der Waals surface area contributed by atoms with Crippen LogP contribution in [0, 0.1) is 29.6 Å². The van der Waals surface area contributed by atoms with Crippen molar-refractivity contribution < 1.29 is 14.6 Å². The first-order valence-corrected chi connectivity index (χ1v) is 12.6. The summed E-state index contributed by atoms with van der Waals surface area (Å²) >= 11 is 0. The van der Waals surface area contributed by atoms with E-state index in [0.29, 0.717) is 23.5 Å². The van der Waals surface area contributed by atoms with Crippen LogP contribution in [0.25, 0.3) is 0 Å². The van der Waals surface area contributed by atoms with Crippen LogP contribution in [0.3, 0.4) is 0 Å². The first-order chi connectivity index (χ1) is 14.9. The van der Waals surface area contributed by atoms with Crippen molar-refractivity contribution in [2.45, 2.75) is 88.6 Å². The van der Waals surface area contributed by atoms with Crippen molar-refractivity contribution in [3.05, 3.63) is 35.6 Å². The van der Waals surface area contributed by atoms with Gasteiger partial charge in [-0.2, -0.15) is 0 Å². The number of aromatic hydroxyl groups is 1. The van der Waals surface area contributed by atoms with Gasteiger partial charge in [0.1, 0.15) is 17.1 Å². The van der Waals surface area contributed by atoms with Crippen LogP contribution >= 0.6 is 0 Å². The molecule has 1 aliphatic heterocycles. The van der Waals surface area contributed by atoms with E-state index in [1.807, 2.05) is 6.26 Å². The summed E-state index contributed by atoms with van der Waals surface area (Å²) in [5, 5.41) is 11.4. The molecule has 3 atom stereocenters. The summed E-state index contributed by atoms with van der Waals surface area (Å²) in [5.41, 5.74) is 2.53. The Morgan fingerprint density at radius 3 is 2.32 bits per heavy atom. The second kappa shape index (κ2) is 6.93. The zero-order valence-electron chi connectivity index (χ0n) is 19.4. The Kier molecular flexibility index (Phi) is 4.47. The van der Waals surface area contributed by atoms with Crippen molar-refractivity contribution in [3.8, 4) is 11.5 Å². The molecule has 3 heteroatoms. The summed E-state index contributed by atoms with van der Waals surface area (Å²) in [6.45, 7) is 4.51. The minimum Gasteiger partial charge on any atom is -0.508 e. The molecule has 1 heterocycles. The summed E-state index contributed by atoms with van der Waals surface area (Å²) in [4.78, 5) is 0. The summed E-state index contributed by atoms with van der Waals surface area (Å²) in [5.74, 6) is 5.46. The van der Waals surface area contributed by atoms with Crippen LogP contribution in [0.5, 0.6) is 11.5 Å². The molecule has 0 radical (unpaired) electrons. The third-order valence-corrected chi connectivity index (χ3v) is 9.79. The van der Waals surface area contributed by atoms with Crippen LogP contribution in [-0.4, -0.2) is 17.8 Å². The molecule has 6 aliphatic rings. The molecule has 31 heavy (non-hydrogen) atoms. The van der Waals surface area contributed by atoms with Gasteiger partial charge in [0.25, 0.3) is 0 Å². The third-order valence-electron chi connectivity index (χ3n) is 9.79. The second-order valence-electron chi connectivity index (χ2n) is 12.2. The van der Waals surface area contributed by atoms with Crippen LogP contribution in [0.2, 0.25) is 0 Å². The fourth-order valence-electron chi connectivity index (χ4n) is 8.92. The van der Waals surface area contributed by atoms with E-state index >= 15 is 0 Å².